The van der Waals surface area contributed by atoms with E-state index in [9.17, 15) is 9.59 Å². The molecular weight excluding hydrogens is 268 g/mol. The fourth-order valence-electron chi connectivity index (χ4n) is 2.59. The van der Waals surface area contributed by atoms with E-state index in [0.29, 0.717) is 19.4 Å². The third-order valence-corrected chi connectivity index (χ3v) is 3.69. The van der Waals surface area contributed by atoms with Crippen LogP contribution in [0.25, 0.3) is 0 Å². The van der Waals surface area contributed by atoms with Crippen molar-refractivity contribution in [3.05, 3.63) is 24.3 Å². The lowest BCUT2D eigenvalue weighted by Crippen LogP contribution is -2.63. The molecule has 2 amide bonds. The molecule has 5 heteroatoms. The zero-order valence-corrected chi connectivity index (χ0v) is 12.8. The van der Waals surface area contributed by atoms with Crippen LogP contribution in [0.3, 0.4) is 0 Å². The summed E-state index contributed by atoms with van der Waals surface area (Å²) in [6, 6.07) is 6.43. The molecule has 0 saturated carbocycles. The number of rotatable bonds is 5. The molecule has 1 saturated heterocycles. The van der Waals surface area contributed by atoms with Crippen molar-refractivity contribution >= 4 is 17.5 Å². The second-order valence-corrected chi connectivity index (χ2v) is 5.03. The third-order valence-electron chi connectivity index (χ3n) is 3.69. The maximum absolute atomic E-state index is 12.6. The lowest BCUT2D eigenvalue weighted by Gasteiger charge is -2.38. The minimum absolute atomic E-state index is 0.0480. The first-order valence-electron chi connectivity index (χ1n) is 7.48. The summed E-state index contributed by atoms with van der Waals surface area (Å²) in [6.07, 6.45) is 1.18. The summed E-state index contributed by atoms with van der Waals surface area (Å²) in [6.45, 7) is 6.32. The van der Waals surface area contributed by atoms with Gasteiger partial charge in [-0.1, -0.05) is 13.8 Å². The summed E-state index contributed by atoms with van der Waals surface area (Å²) >= 11 is 0. The molecule has 0 bridgehead atoms. The zero-order chi connectivity index (χ0) is 15.4. The Morgan fingerprint density at radius 1 is 1.10 bits per heavy atom. The number of ether oxygens (including phenoxy) is 1. The van der Waals surface area contributed by atoms with E-state index in [-0.39, 0.29) is 11.8 Å². The maximum atomic E-state index is 12.6. The van der Waals surface area contributed by atoms with Crippen molar-refractivity contribution in [2.45, 2.75) is 45.7 Å². The summed E-state index contributed by atoms with van der Waals surface area (Å²) in [5.41, 5.74) is 0.739. The van der Waals surface area contributed by atoms with Crippen molar-refractivity contribution in [2.75, 3.05) is 11.5 Å². The van der Waals surface area contributed by atoms with E-state index in [0.717, 1.165) is 11.4 Å². The van der Waals surface area contributed by atoms with Crippen LogP contribution in [0.2, 0.25) is 0 Å². The van der Waals surface area contributed by atoms with Crippen LogP contribution in [0, 0.1) is 0 Å². The van der Waals surface area contributed by atoms with Crippen molar-refractivity contribution in [3.63, 3.8) is 0 Å². The number of nitrogens with one attached hydrogen (secondary N) is 1. The van der Waals surface area contributed by atoms with Crippen molar-refractivity contribution in [1.82, 2.24) is 5.32 Å². The first-order valence-corrected chi connectivity index (χ1v) is 7.48. The lowest BCUT2D eigenvalue weighted by molar-refractivity contribution is -0.134. The number of hydrogen-bond acceptors (Lipinski definition) is 3. The standard InChI is InChI=1S/C16H22N2O3/c1-4-13-16(20)18(14(5-2)15(19)17-13)11-7-9-12(10-8-11)21-6-3/h7-10,13-14H,4-6H2,1-3H3,(H,17,19). The van der Waals surface area contributed by atoms with Crippen LogP contribution in [-0.2, 0) is 9.59 Å². The van der Waals surface area contributed by atoms with E-state index in [1.165, 1.54) is 0 Å². The first kappa shape index (κ1) is 15.4. The van der Waals surface area contributed by atoms with Crippen molar-refractivity contribution in [3.8, 4) is 5.75 Å². The average molecular weight is 290 g/mol. The molecular formula is C16H22N2O3. The SMILES string of the molecule is CCOc1ccc(N2C(=O)C(CC)NC(=O)C2CC)cc1. The quantitative estimate of drug-likeness (QED) is 0.903. The largest absolute Gasteiger partial charge is 0.494 e. The van der Waals surface area contributed by atoms with Crippen LogP contribution in [0.4, 0.5) is 5.69 Å². The number of benzene rings is 1. The lowest BCUT2D eigenvalue weighted by atomic mass is 10.0. The van der Waals surface area contributed by atoms with Crippen LogP contribution in [0.1, 0.15) is 33.6 Å². The Labute approximate surface area is 125 Å². The highest BCUT2D eigenvalue weighted by Crippen LogP contribution is 2.26. The highest BCUT2D eigenvalue weighted by Gasteiger charge is 2.39. The minimum Gasteiger partial charge on any atom is -0.494 e. The number of hydrogen-bond donors (Lipinski definition) is 1. The van der Waals surface area contributed by atoms with Gasteiger partial charge in [0.05, 0.1) is 6.61 Å². The Balaban J connectivity index is 2.31. The third kappa shape index (κ3) is 3.01. The van der Waals surface area contributed by atoms with Crippen LogP contribution in [0.5, 0.6) is 5.75 Å². The van der Waals surface area contributed by atoms with E-state index >= 15 is 0 Å². The fraction of sp³-hybridized carbons (Fsp3) is 0.500. The molecule has 1 aliphatic heterocycles. The van der Waals surface area contributed by atoms with Gasteiger partial charge in [0, 0.05) is 5.69 Å². The summed E-state index contributed by atoms with van der Waals surface area (Å²) in [5, 5.41) is 2.79. The van der Waals surface area contributed by atoms with Crippen LogP contribution >= 0.6 is 0 Å². The van der Waals surface area contributed by atoms with Gasteiger partial charge >= 0.3 is 0 Å². The van der Waals surface area contributed by atoms with Gasteiger partial charge in [-0.05, 0) is 44.0 Å². The molecule has 1 heterocycles. The highest BCUT2D eigenvalue weighted by atomic mass is 16.5. The van der Waals surface area contributed by atoms with Crippen LogP contribution < -0.4 is 15.0 Å². The molecule has 0 spiro atoms. The predicted octanol–water partition coefficient (Wildman–Crippen LogP) is 2.11. The number of nitrogens with zero attached hydrogens (tertiary/aromatic N) is 1. The summed E-state index contributed by atoms with van der Waals surface area (Å²) < 4.78 is 5.41. The molecule has 0 aromatic heterocycles. The number of carbonyl (C=O) groups excluding carboxylic acids is 2. The monoisotopic (exact) mass is 290 g/mol. The molecule has 2 unspecified atom stereocenters. The van der Waals surface area contributed by atoms with Gasteiger partial charge in [-0.25, -0.2) is 0 Å². The molecule has 2 atom stereocenters. The topological polar surface area (TPSA) is 58.6 Å². The Kier molecular flexibility index (Phi) is 4.83. The molecule has 0 radical (unpaired) electrons. The Morgan fingerprint density at radius 3 is 2.29 bits per heavy atom. The van der Waals surface area contributed by atoms with Crippen molar-refractivity contribution in [2.24, 2.45) is 0 Å². The molecule has 114 valence electrons. The van der Waals surface area contributed by atoms with Gasteiger partial charge in [-0.3, -0.25) is 14.5 Å². The molecule has 1 fully saturated rings. The van der Waals surface area contributed by atoms with Gasteiger partial charge in [-0.15, -0.1) is 0 Å². The summed E-state index contributed by atoms with van der Waals surface area (Å²) in [5.74, 6) is 0.626. The number of amides is 2. The van der Waals surface area contributed by atoms with Crippen LogP contribution in [-0.4, -0.2) is 30.5 Å². The highest BCUT2D eigenvalue weighted by molar-refractivity contribution is 6.08. The molecule has 21 heavy (non-hydrogen) atoms. The minimum atomic E-state index is -0.446. The fourth-order valence-corrected chi connectivity index (χ4v) is 2.59. The summed E-state index contributed by atoms with van der Waals surface area (Å²) in [7, 11) is 0. The molecule has 1 aromatic rings. The molecule has 1 N–H and O–H groups in total. The second-order valence-electron chi connectivity index (χ2n) is 5.03. The second kappa shape index (κ2) is 6.61. The van der Waals surface area contributed by atoms with Crippen LogP contribution in [0.15, 0.2) is 24.3 Å². The predicted molar refractivity (Wildman–Crippen MR) is 81.4 cm³/mol. The van der Waals surface area contributed by atoms with Gasteiger partial charge < -0.3 is 10.1 Å². The van der Waals surface area contributed by atoms with E-state index in [1.54, 1.807) is 4.90 Å². The van der Waals surface area contributed by atoms with Crippen molar-refractivity contribution in [1.29, 1.82) is 0 Å². The molecule has 5 nitrogen and oxygen atoms in total. The van der Waals surface area contributed by atoms with E-state index in [4.69, 9.17) is 4.74 Å². The van der Waals surface area contributed by atoms with E-state index in [1.807, 2.05) is 45.0 Å². The smallest absolute Gasteiger partial charge is 0.250 e. The Hall–Kier alpha value is -2.04. The van der Waals surface area contributed by atoms with Gasteiger partial charge in [0.1, 0.15) is 17.8 Å². The number of carbonyl (C=O) groups is 2. The Bertz CT molecular complexity index is 513. The van der Waals surface area contributed by atoms with Gasteiger partial charge in [0.15, 0.2) is 0 Å². The zero-order valence-electron chi connectivity index (χ0n) is 12.8. The van der Waals surface area contributed by atoms with E-state index < -0.39 is 12.1 Å². The number of piperazine rings is 1. The number of anilines is 1. The van der Waals surface area contributed by atoms with Crippen molar-refractivity contribution < 1.29 is 14.3 Å². The molecule has 2 rings (SSSR count). The summed E-state index contributed by atoms with van der Waals surface area (Å²) in [4.78, 5) is 26.3. The first-order chi connectivity index (χ1) is 10.1. The Morgan fingerprint density at radius 2 is 1.76 bits per heavy atom. The normalized spacial score (nSPS) is 22.1. The maximum Gasteiger partial charge on any atom is 0.250 e. The average Bonchev–Trinajstić information content (AvgIpc) is 2.50. The van der Waals surface area contributed by atoms with E-state index in [2.05, 4.69) is 5.32 Å². The molecule has 1 aliphatic rings. The van der Waals surface area contributed by atoms with Gasteiger partial charge in [0.25, 0.3) is 0 Å². The molecule has 1 aromatic carbocycles. The van der Waals surface area contributed by atoms with Gasteiger partial charge in [0.2, 0.25) is 11.8 Å². The molecule has 0 aliphatic carbocycles. The van der Waals surface area contributed by atoms with Gasteiger partial charge in [-0.2, -0.15) is 0 Å².